The average molecular weight is 296 g/mol. The molecule has 1 aliphatic rings. The van der Waals surface area contributed by atoms with E-state index in [2.05, 4.69) is 10.3 Å². The number of carbonyl (C=O) groups is 2. The van der Waals surface area contributed by atoms with E-state index in [9.17, 15) is 9.59 Å². The maximum atomic E-state index is 12.4. The minimum atomic E-state index is -1.19. The van der Waals surface area contributed by atoms with Crippen LogP contribution in [-0.4, -0.2) is 22.5 Å². The van der Waals surface area contributed by atoms with Crippen molar-refractivity contribution >= 4 is 11.9 Å². The first-order chi connectivity index (χ1) is 10.6. The summed E-state index contributed by atoms with van der Waals surface area (Å²) in [5, 5.41) is 2.80. The molecule has 22 heavy (non-hydrogen) atoms. The molecule has 0 saturated heterocycles. The first-order valence-electron chi connectivity index (χ1n) is 7.07. The number of amides is 1. The molecule has 1 aromatic carbocycles. The second kappa shape index (κ2) is 5.60. The number of ether oxygens (including phenoxy) is 1. The van der Waals surface area contributed by atoms with E-state index in [-0.39, 0.29) is 5.91 Å². The van der Waals surface area contributed by atoms with Crippen molar-refractivity contribution in [3.63, 3.8) is 0 Å². The molecule has 1 unspecified atom stereocenters. The van der Waals surface area contributed by atoms with Gasteiger partial charge in [-0.05, 0) is 30.2 Å². The summed E-state index contributed by atoms with van der Waals surface area (Å²) in [4.78, 5) is 28.5. The summed E-state index contributed by atoms with van der Waals surface area (Å²) in [5.74, 6) is -0.764. The van der Waals surface area contributed by atoms with Gasteiger partial charge < -0.3 is 10.1 Å². The van der Waals surface area contributed by atoms with Crippen LogP contribution in [0.3, 0.4) is 0 Å². The Morgan fingerprint density at radius 1 is 1.32 bits per heavy atom. The molecule has 2 heterocycles. The number of carbonyl (C=O) groups excluding carboxylic acids is 2. The second-order valence-corrected chi connectivity index (χ2v) is 5.50. The zero-order chi connectivity index (χ0) is 15.6. The SMILES string of the molecule is CC1(C(=O)NCc2cccnc2)Cc2ccccc2C(=O)O1. The molecule has 1 aliphatic heterocycles. The Morgan fingerprint density at radius 2 is 2.14 bits per heavy atom. The highest BCUT2D eigenvalue weighted by Gasteiger charge is 2.42. The summed E-state index contributed by atoms with van der Waals surface area (Å²) in [7, 11) is 0. The number of nitrogens with one attached hydrogen (secondary N) is 1. The fraction of sp³-hybridized carbons (Fsp3) is 0.235. The molecular weight excluding hydrogens is 280 g/mol. The van der Waals surface area contributed by atoms with E-state index in [1.807, 2.05) is 18.2 Å². The third kappa shape index (κ3) is 2.70. The van der Waals surface area contributed by atoms with Gasteiger partial charge in [0.25, 0.3) is 5.91 Å². The summed E-state index contributed by atoms with van der Waals surface area (Å²) < 4.78 is 5.38. The summed E-state index contributed by atoms with van der Waals surface area (Å²) in [6.07, 6.45) is 3.73. The predicted molar refractivity (Wildman–Crippen MR) is 80.1 cm³/mol. The number of nitrogens with zero attached hydrogens (tertiary/aromatic N) is 1. The van der Waals surface area contributed by atoms with Gasteiger partial charge in [0.05, 0.1) is 5.56 Å². The summed E-state index contributed by atoms with van der Waals surface area (Å²) in [5.41, 5.74) is 1.06. The molecule has 3 rings (SSSR count). The molecule has 0 saturated carbocycles. The first-order valence-corrected chi connectivity index (χ1v) is 7.07. The van der Waals surface area contributed by atoms with Gasteiger partial charge in [0.2, 0.25) is 0 Å². The Kier molecular flexibility index (Phi) is 3.63. The van der Waals surface area contributed by atoms with Gasteiger partial charge in [0, 0.05) is 25.4 Å². The summed E-state index contributed by atoms with van der Waals surface area (Å²) in [6, 6.07) is 10.9. The molecule has 1 N–H and O–H groups in total. The average Bonchev–Trinajstić information content (AvgIpc) is 2.53. The number of cyclic esters (lactones) is 1. The number of benzene rings is 1. The van der Waals surface area contributed by atoms with Gasteiger partial charge in [0.15, 0.2) is 5.60 Å². The number of hydrogen-bond acceptors (Lipinski definition) is 4. The van der Waals surface area contributed by atoms with E-state index in [0.717, 1.165) is 11.1 Å². The van der Waals surface area contributed by atoms with Gasteiger partial charge in [-0.25, -0.2) is 4.79 Å². The fourth-order valence-corrected chi connectivity index (χ4v) is 2.53. The lowest BCUT2D eigenvalue weighted by atomic mass is 9.89. The van der Waals surface area contributed by atoms with Crippen molar-refractivity contribution in [1.82, 2.24) is 10.3 Å². The van der Waals surface area contributed by atoms with E-state index in [4.69, 9.17) is 4.74 Å². The van der Waals surface area contributed by atoms with Gasteiger partial charge in [-0.1, -0.05) is 24.3 Å². The molecular formula is C17H16N2O3. The van der Waals surface area contributed by atoms with E-state index >= 15 is 0 Å². The van der Waals surface area contributed by atoms with Crippen molar-refractivity contribution in [2.75, 3.05) is 0 Å². The van der Waals surface area contributed by atoms with Crippen molar-refractivity contribution < 1.29 is 14.3 Å². The predicted octanol–water partition coefficient (Wildman–Crippen LogP) is 1.87. The number of esters is 1. The molecule has 112 valence electrons. The molecule has 5 heteroatoms. The quantitative estimate of drug-likeness (QED) is 0.878. The number of hydrogen-bond donors (Lipinski definition) is 1. The molecule has 2 aromatic rings. The molecule has 1 atom stereocenters. The molecule has 1 amide bonds. The van der Waals surface area contributed by atoms with Crippen molar-refractivity contribution in [3.05, 3.63) is 65.5 Å². The highest BCUT2D eigenvalue weighted by Crippen LogP contribution is 2.28. The van der Waals surface area contributed by atoms with Gasteiger partial charge in [-0.2, -0.15) is 0 Å². The maximum absolute atomic E-state index is 12.4. The van der Waals surface area contributed by atoms with Crippen LogP contribution >= 0.6 is 0 Å². The van der Waals surface area contributed by atoms with Crippen LogP contribution in [0, 0.1) is 0 Å². The van der Waals surface area contributed by atoms with E-state index in [1.54, 1.807) is 37.5 Å². The Bertz CT molecular complexity index is 715. The number of aromatic nitrogens is 1. The van der Waals surface area contributed by atoms with E-state index < -0.39 is 11.6 Å². The van der Waals surface area contributed by atoms with Crippen LogP contribution in [-0.2, 0) is 22.5 Å². The third-order valence-corrected chi connectivity index (χ3v) is 3.74. The second-order valence-electron chi connectivity index (χ2n) is 5.50. The Balaban J connectivity index is 1.74. The van der Waals surface area contributed by atoms with Gasteiger partial charge >= 0.3 is 5.97 Å². The lowest BCUT2D eigenvalue weighted by molar-refractivity contribution is -0.139. The van der Waals surface area contributed by atoms with Crippen molar-refractivity contribution in [2.45, 2.75) is 25.5 Å². The van der Waals surface area contributed by atoms with Gasteiger partial charge in [-0.3, -0.25) is 9.78 Å². The smallest absolute Gasteiger partial charge is 0.339 e. The molecule has 5 nitrogen and oxygen atoms in total. The largest absolute Gasteiger partial charge is 0.445 e. The fourth-order valence-electron chi connectivity index (χ4n) is 2.53. The molecule has 1 aromatic heterocycles. The highest BCUT2D eigenvalue weighted by molar-refractivity contribution is 5.97. The van der Waals surface area contributed by atoms with Gasteiger partial charge in [0.1, 0.15) is 0 Å². The Hall–Kier alpha value is -2.69. The van der Waals surface area contributed by atoms with Crippen LogP contribution in [0.5, 0.6) is 0 Å². The minimum Gasteiger partial charge on any atom is -0.445 e. The zero-order valence-electron chi connectivity index (χ0n) is 12.2. The first kappa shape index (κ1) is 14.3. The van der Waals surface area contributed by atoms with Crippen LogP contribution in [0.15, 0.2) is 48.8 Å². The van der Waals surface area contributed by atoms with Crippen molar-refractivity contribution in [3.8, 4) is 0 Å². The zero-order valence-corrected chi connectivity index (χ0v) is 12.2. The van der Waals surface area contributed by atoms with Crippen molar-refractivity contribution in [1.29, 1.82) is 0 Å². The molecule has 0 spiro atoms. The third-order valence-electron chi connectivity index (χ3n) is 3.74. The molecule has 0 fully saturated rings. The Morgan fingerprint density at radius 3 is 2.91 bits per heavy atom. The van der Waals surface area contributed by atoms with Crippen LogP contribution in [0.2, 0.25) is 0 Å². The lowest BCUT2D eigenvalue weighted by Gasteiger charge is -2.33. The summed E-state index contributed by atoms with van der Waals surface area (Å²) >= 11 is 0. The molecule has 0 aliphatic carbocycles. The highest BCUT2D eigenvalue weighted by atomic mass is 16.6. The number of rotatable bonds is 3. The Labute approximate surface area is 128 Å². The van der Waals surface area contributed by atoms with Crippen LogP contribution < -0.4 is 5.32 Å². The minimum absolute atomic E-state index is 0.306. The van der Waals surface area contributed by atoms with E-state index in [0.29, 0.717) is 18.5 Å². The van der Waals surface area contributed by atoms with E-state index in [1.165, 1.54) is 0 Å². The topological polar surface area (TPSA) is 68.3 Å². The molecule has 0 bridgehead atoms. The van der Waals surface area contributed by atoms with Crippen LogP contribution in [0.25, 0.3) is 0 Å². The van der Waals surface area contributed by atoms with Crippen LogP contribution in [0.4, 0.5) is 0 Å². The monoisotopic (exact) mass is 296 g/mol. The number of fused-ring (bicyclic) bond motifs is 1. The van der Waals surface area contributed by atoms with Crippen molar-refractivity contribution in [2.24, 2.45) is 0 Å². The van der Waals surface area contributed by atoms with Crippen LogP contribution in [0.1, 0.15) is 28.4 Å². The normalized spacial score (nSPS) is 20.0. The molecule has 0 radical (unpaired) electrons. The summed E-state index contributed by atoms with van der Waals surface area (Å²) in [6.45, 7) is 1.99. The maximum Gasteiger partial charge on any atom is 0.339 e. The standard InChI is InChI=1S/C17H16N2O3/c1-17(16(21)19-11-12-5-4-8-18-10-12)9-13-6-2-3-7-14(13)15(20)22-17/h2-8,10H,9,11H2,1H3,(H,19,21). The number of pyridine rings is 1. The lowest BCUT2D eigenvalue weighted by Crippen LogP contribution is -2.51. The van der Waals surface area contributed by atoms with Gasteiger partial charge in [-0.15, -0.1) is 0 Å².